The summed E-state index contributed by atoms with van der Waals surface area (Å²) in [6, 6.07) is 0. The number of rotatable bonds is 5. The quantitative estimate of drug-likeness (QED) is 0.846. The molecular formula is C12H19N5OS2. The van der Waals surface area contributed by atoms with Gasteiger partial charge < -0.3 is 9.84 Å². The molecule has 0 aromatic carbocycles. The van der Waals surface area contributed by atoms with Gasteiger partial charge in [0.2, 0.25) is 11.0 Å². The molecular weight excluding hydrogens is 294 g/mol. The van der Waals surface area contributed by atoms with E-state index in [0.29, 0.717) is 5.89 Å². The summed E-state index contributed by atoms with van der Waals surface area (Å²) in [5.74, 6) is 1.35. The van der Waals surface area contributed by atoms with Gasteiger partial charge in [0.05, 0.1) is 5.25 Å². The molecule has 110 valence electrons. The second-order valence-corrected chi connectivity index (χ2v) is 7.94. The van der Waals surface area contributed by atoms with Gasteiger partial charge in [0.1, 0.15) is 0 Å². The topological polar surface area (TPSA) is 76.7 Å². The van der Waals surface area contributed by atoms with Crippen molar-refractivity contribution in [1.82, 2.24) is 20.3 Å². The largest absolute Gasteiger partial charge is 0.360 e. The Hall–Kier alpha value is -1.15. The van der Waals surface area contributed by atoms with Crippen LogP contribution in [-0.2, 0) is 5.41 Å². The third-order valence-electron chi connectivity index (χ3n) is 2.47. The van der Waals surface area contributed by atoms with E-state index in [4.69, 9.17) is 4.52 Å². The van der Waals surface area contributed by atoms with Gasteiger partial charge in [-0.05, 0) is 13.8 Å². The van der Waals surface area contributed by atoms with Crippen LogP contribution in [0.5, 0.6) is 0 Å². The van der Waals surface area contributed by atoms with E-state index in [1.807, 2.05) is 13.8 Å². The van der Waals surface area contributed by atoms with E-state index in [-0.39, 0.29) is 10.7 Å². The first-order valence-corrected chi connectivity index (χ1v) is 8.18. The molecule has 0 saturated heterocycles. The fourth-order valence-electron chi connectivity index (χ4n) is 1.39. The summed E-state index contributed by atoms with van der Waals surface area (Å²) in [7, 11) is 0. The van der Waals surface area contributed by atoms with Crippen LogP contribution in [0.25, 0.3) is 0 Å². The molecule has 1 N–H and O–H groups in total. The van der Waals surface area contributed by atoms with Crippen LogP contribution in [0.2, 0.25) is 0 Å². The maximum absolute atomic E-state index is 5.34. The lowest BCUT2D eigenvalue weighted by atomic mass is 9.96. The van der Waals surface area contributed by atoms with E-state index in [1.54, 1.807) is 11.8 Å². The summed E-state index contributed by atoms with van der Waals surface area (Å²) < 4.78 is 6.23. The van der Waals surface area contributed by atoms with Crippen LogP contribution < -0.4 is 5.32 Å². The zero-order valence-electron chi connectivity index (χ0n) is 12.3. The van der Waals surface area contributed by atoms with Crippen LogP contribution in [-0.4, -0.2) is 26.9 Å². The summed E-state index contributed by atoms with van der Waals surface area (Å²) in [4.78, 5) is 4.46. The molecule has 20 heavy (non-hydrogen) atoms. The first kappa shape index (κ1) is 15.2. The number of anilines is 1. The lowest BCUT2D eigenvalue weighted by Crippen LogP contribution is -2.13. The average molecular weight is 313 g/mol. The molecule has 0 spiro atoms. The smallest absolute Gasteiger partial charge is 0.239 e. The highest BCUT2D eigenvalue weighted by molar-refractivity contribution is 8.01. The van der Waals surface area contributed by atoms with E-state index in [9.17, 15) is 0 Å². The van der Waals surface area contributed by atoms with Gasteiger partial charge in [-0.1, -0.05) is 49.0 Å². The van der Waals surface area contributed by atoms with Gasteiger partial charge in [0, 0.05) is 12.0 Å². The Bertz CT molecular complexity index is 560. The molecule has 0 bridgehead atoms. The maximum atomic E-state index is 5.34. The first-order valence-electron chi connectivity index (χ1n) is 6.48. The van der Waals surface area contributed by atoms with Crippen molar-refractivity contribution in [2.75, 3.05) is 11.9 Å². The van der Waals surface area contributed by atoms with Crippen LogP contribution in [0.3, 0.4) is 0 Å². The highest BCUT2D eigenvalue weighted by Crippen LogP contribution is 2.37. The molecule has 0 saturated carbocycles. The first-order chi connectivity index (χ1) is 9.40. The molecule has 0 aliphatic carbocycles. The van der Waals surface area contributed by atoms with Gasteiger partial charge in [-0.2, -0.15) is 4.98 Å². The zero-order chi connectivity index (χ0) is 14.8. The van der Waals surface area contributed by atoms with Crippen LogP contribution >= 0.6 is 23.1 Å². The number of nitrogens with zero attached hydrogens (tertiary/aromatic N) is 4. The fourth-order valence-corrected chi connectivity index (χ4v) is 3.38. The second kappa shape index (κ2) is 6.09. The Labute approximate surface area is 126 Å². The lowest BCUT2D eigenvalue weighted by molar-refractivity contribution is 0.364. The van der Waals surface area contributed by atoms with Crippen LogP contribution in [0.15, 0.2) is 8.86 Å². The summed E-state index contributed by atoms with van der Waals surface area (Å²) >= 11 is 3.11. The van der Waals surface area contributed by atoms with E-state index in [2.05, 4.69) is 46.4 Å². The molecule has 6 nitrogen and oxygen atoms in total. The fraction of sp³-hybridized carbons (Fsp3) is 0.667. The Balaban J connectivity index is 2.03. The third kappa shape index (κ3) is 3.69. The number of aromatic nitrogens is 4. The molecule has 2 aromatic heterocycles. The Kier molecular flexibility index (Phi) is 4.64. The summed E-state index contributed by atoms with van der Waals surface area (Å²) in [5.41, 5.74) is -0.104. The number of nitrogens with one attached hydrogen (secondary N) is 1. The Morgan fingerprint density at radius 3 is 2.70 bits per heavy atom. The highest BCUT2D eigenvalue weighted by Gasteiger charge is 2.24. The molecule has 1 unspecified atom stereocenters. The predicted molar refractivity (Wildman–Crippen MR) is 81.3 cm³/mol. The van der Waals surface area contributed by atoms with E-state index >= 15 is 0 Å². The maximum Gasteiger partial charge on any atom is 0.239 e. The van der Waals surface area contributed by atoms with Crippen molar-refractivity contribution in [1.29, 1.82) is 0 Å². The van der Waals surface area contributed by atoms with Gasteiger partial charge in [-0.25, -0.2) is 0 Å². The molecule has 2 heterocycles. The summed E-state index contributed by atoms with van der Waals surface area (Å²) in [5, 5.41) is 16.3. The number of hydrogen-bond donors (Lipinski definition) is 1. The standard InChI is InChI=1S/C12H19N5OS2/c1-6-13-10-15-16-11(20-10)19-7(2)8-14-9(17-18-8)12(3,4)5/h7H,6H2,1-5H3,(H,13,15). The van der Waals surface area contributed by atoms with Crippen molar-refractivity contribution in [3.8, 4) is 0 Å². The molecule has 2 aromatic rings. The van der Waals surface area contributed by atoms with Gasteiger partial charge >= 0.3 is 0 Å². The van der Waals surface area contributed by atoms with Crippen molar-refractivity contribution >= 4 is 28.2 Å². The minimum Gasteiger partial charge on any atom is -0.360 e. The highest BCUT2D eigenvalue weighted by atomic mass is 32.2. The van der Waals surface area contributed by atoms with Gasteiger partial charge in [-0.3, -0.25) is 0 Å². The monoisotopic (exact) mass is 313 g/mol. The van der Waals surface area contributed by atoms with Crippen molar-refractivity contribution in [3.05, 3.63) is 11.7 Å². The number of hydrogen-bond acceptors (Lipinski definition) is 8. The van der Waals surface area contributed by atoms with Gasteiger partial charge in [0.15, 0.2) is 10.2 Å². The SMILES string of the molecule is CCNc1nnc(SC(C)c2nc(C(C)(C)C)no2)s1. The van der Waals surface area contributed by atoms with Gasteiger partial charge in [0.25, 0.3) is 0 Å². The van der Waals surface area contributed by atoms with Crippen LogP contribution in [0.1, 0.15) is 51.6 Å². The molecule has 1 atom stereocenters. The number of thioether (sulfide) groups is 1. The van der Waals surface area contributed by atoms with E-state index in [0.717, 1.165) is 21.8 Å². The van der Waals surface area contributed by atoms with Crippen molar-refractivity contribution < 1.29 is 4.52 Å². The lowest BCUT2D eigenvalue weighted by Gasteiger charge is -2.11. The molecule has 0 aliphatic rings. The van der Waals surface area contributed by atoms with Crippen LogP contribution in [0.4, 0.5) is 5.13 Å². The van der Waals surface area contributed by atoms with Crippen molar-refractivity contribution in [2.45, 2.75) is 49.6 Å². The minimum absolute atomic E-state index is 0.0565. The second-order valence-electron chi connectivity index (χ2n) is 5.37. The minimum atomic E-state index is -0.104. The third-order valence-corrected chi connectivity index (χ3v) is 4.53. The summed E-state index contributed by atoms with van der Waals surface area (Å²) in [6.07, 6.45) is 0. The normalized spacial score (nSPS) is 13.4. The predicted octanol–water partition coefficient (Wildman–Crippen LogP) is 3.50. The molecule has 0 fully saturated rings. The zero-order valence-corrected chi connectivity index (χ0v) is 13.9. The Morgan fingerprint density at radius 2 is 2.10 bits per heavy atom. The molecule has 8 heteroatoms. The van der Waals surface area contributed by atoms with Gasteiger partial charge in [-0.15, -0.1) is 10.2 Å². The summed E-state index contributed by atoms with van der Waals surface area (Å²) in [6.45, 7) is 11.1. The molecule has 0 aliphatic heterocycles. The van der Waals surface area contributed by atoms with Crippen molar-refractivity contribution in [3.63, 3.8) is 0 Å². The Morgan fingerprint density at radius 1 is 1.35 bits per heavy atom. The molecule has 0 amide bonds. The molecule has 2 rings (SSSR count). The van der Waals surface area contributed by atoms with Crippen molar-refractivity contribution in [2.24, 2.45) is 0 Å². The van der Waals surface area contributed by atoms with Crippen LogP contribution in [0, 0.1) is 0 Å². The molecule has 0 radical (unpaired) electrons. The van der Waals surface area contributed by atoms with E-state index < -0.39 is 0 Å². The average Bonchev–Trinajstić information content (AvgIpc) is 2.97. The van der Waals surface area contributed by atoms with E-state index in [1.165, 1.54) is 11.3 Å².